The first kappa shape index (κ1) is 11.0. The molecule has 80 valence electrons. The van der Waals surface area contributed by atoms with Gasteiger partial charge in [0.05, 0.1) is 28.1 Å². The van der Waals surface area contributed by atoms with Gasteiger partial charge in [0.15, 0.2) is 5.43 Å². The van der Waals surface area contributed by atoms with Crippen LogP contribution in [0.5, 0.6) is 0 Å². The Morgan fingerprint density at radius 2 is 2.12 bits per heavy atom. The van der Waals surface area contributed by atoms with Crippen molar-refractivity contribution in [1.29, 1.82) is 5.26 Å². The van der Waals surface area contributed by atoms with Crippen molar-refractivity contribution in [2.45, 2.75) is 6.42 Å². The minimum Gasteiger partial charge on any atom is -0.356 e. The highest BCUT2D eigenvalue weighted by Gasteiger charge is 2.08. The summed E-state index contributed by atoms with van der Waals surface area (Å²) in [7, 11) is 0. The Bertz CT molecular complexity index is 655. The minimum atomic E-state index is -0.169. The van der Waals surface area contributed by atoms with Crippen LogP contribution in [0.2, 0.25) is 10.0 Å². The summed E-state index contributed by atoms with van der Waals surface area (Å²) in [6.45, 7) is 0. The van der Waals surface area contributed by atoms with Gasteiger partial charge in [-0.1, -0.05) is 23.2 Å². The molecule has 0 saturated carbocycles. The Hall–Kier alpha value is -1.50. The summed E-state index contributed by atoms with van der Waals surface area (Å²) in [5, 5.41) is 9.72. The van der Waals surface area contributed by atoms with Crippen molar-refractivity contribution in [2.24, 2.45) is 0 Å². The molecule has 0 aliphatic carbocycles. The molecule has 0 bridgehead atoms. The van der Waals surface area contributed by atoms with Crippen molar-refractivity contribution < 1.29 is 0 Å². The lowest BCUT2D eigenvalue weighted by atomic mass is 10.2. The number of pyridine rings is 1. The normalized spacial score (nSPS) is 10.3. The van der Waals surface area contributed by atoms with Gasteiger partial charge in [0.2, 0.25) is 0 Å². The van der Waals surface area contributed by atoms with Gasteiger partial charge in [-0.3, -0.25) is 4.79 Å². The quantitative estimate of drug-likeness (QED) is 0.849. The molecule has 0 fully saturated rings. The number of H-pyrrole nitrogens is 1. The highest BCUT2D eigenvalue weighted by molar-refractivity contribution is 6.44. The van der Waals surface area contributed by atoms with Gasteiger partial charge in [0.1, 0.15) is 0 Å². The van der Waals surface area contributed by atoms with Crippen molar-refractivity contribution in [2.75, 3.05) is 0 Å². The SMILES string of the molecule is N#CCc1cc(=O)c2ccc(Cl)c(Cl)c2[nH]1. The summed E-state index contributed by atoms with van der Waals surface area (Å²) >= 11 is 11.8. The van der Waals surface area contributed by atoms with E-state index >= 15 is 0 Å². The summed E-state index contributed by atoms with van der Waals surface area (Å²) in [6.07, 6.45) is 0.133. The summed E-state index contributed by atoms with van der Waals surface area (Å²) in [5.41, 5.74) is 0.841. The molecule has 0 saturated heterocycles. The second kappa shape index (κ2) is 4.17. The molecule has 0 amide bonds. The van der Waals surface area contributed by atoms with Crippen LogP contribution in [0.25, 0.3) is 10.9 Å². The molecule has 0 aliphatic heterocycles. The molecule has 1 heterocycles. The number of benzene rings is 1. The van der Waals surface area contributed by atoms with Gasteiger partial charge in [-0.15, -0.1) is 0 Å². The summed E-state index contributed by atoms with van der Waals surface area (Å²) in [4.78, 5) is 14.6. The minimum absolute atomic E-state index is 0.133. The maximum atomic E-state index is 11.7. The average molecular weight is 253 g/mol. The molecule has 0 aliphatic rings. The second-order valence-electron chi connectivity index (χ2n) is 3.28. The van der Waals surface area contributed by atoms with E-state index in [-0.39, 0.29) is 11.8 Å². The van der Waals surface area contributed by atoms with Gasteiger partial charge in [0.25, 0.3) is 0 Å². The number of halogens is 2. The van der Waals surface area contributed by atoms with Crippen molar-refractivity contribution in [3.05, 3.63) is 44.2 Å². The van der Waals surface area contributed by atoms with E-state index in [1.165, 1.54) is 6.07 Å². The lowest BCUT2D eigenvalue weighted by Gasteiger charge is -2.04. The lowest BCUT2D eigenvalue weighted by molar-refractivity contribution is 1.14. The van der Waals surface area contributed by atoms with E-state index in [0.717, 1.165) is 0 Å². The third-order valence-electron chi connectivity index (χ3n) is 2.22. The number of hydrogen-bond donors (Lipinski definition) is 1. The predicted octanol–water partition coefficient (Wildman–Crippen LogP) is 2.90. The average Bonchev–Trinajstić information content (AvgIpc) is 2.25. The molecule has 1 N–H and O–H groups in total. The molecule has 1 aromatic heterocycles. The van der Waals surface area contributed by atoms with Gasteiger partial charge in [-0.2, -0.15) is 5.26 Å². The van der Waals surface area contributed by atoms with Crippen LogP contribution in [0.1, 0.15) is 5.69 Å². The Morgan fingerprint density at radius 3 is 2.81 bits per heavy atom. The lowest BCUT2D eigenvalue weighted by Crippen LogP contribution is -2.05. The number of fused-ring (bicyclic) bond motifs is 1. The number of nitrogens with zero attached hydrogens (tertiary/aromatic N) is 1. The van der Waals surface area contributed by atoms with Crippen LogP contribution in [-0.4, -0.2) is 4.98 Å². The van der Waals surface area contributed by atoms with E-state index in [2.05, 4.69) is 4.98 Å². The van der Waals surface area contributed by atoms with Crippen molar-refractivity contribution in [3.63, 3.8) is 0 Å². The van der Waals surface area contributed by atoms with E-state index in [1.807, 2.05) is 6.07 Å². The third kappa shape index (κ3) is 1.78. The maximum absolute atomic E-state index is 11.7. The monoisotopic (exact) mass is 252 g/mol. The first-order valence-electron chi connectivity index (χ1n) is 4.50. The van der Waals surface area contributed by atoms with Crippen LogP contribution in [0.3, 0.4) is 0 Å². The van der Waals surface area contributed by atoms with Crippen LogP contribution in [-0.2, 0) is 6.42 Å². The zero-order valence-electron chi connectivity index (χ0n) is 8.05. The zero-order chi connectivity index (χ0) is 11.7. The van der Waals surface area contributed by atoms with E-state index in [1.54, 1.807) is 12.1 Å². The summed E-state index contributed by atoms with van der Waals surface area (Å²) in [6, 6.07) is 6.55. The van der Waals surface area contributed by atoms with Gasteiger partial charge in [-0.05, 0) is 12.1 Å². The van der Waals surface area contributed by atoms with Gasteiger partial charge in [-0.25, -0.2) is 0 Å². The Balaban J connectivity index is 2.84. The largest absolute Gasteiger partial charge is 0.356 e. The van der Waals surface area contributed by atoms with Crippen LogP contribution in [0, 0.1) is 11.3 Å². The number of aromatic nitrogens is 1. The van der Waals surface area contributed by atoms with E-state index < -0.39 is 0 Å². The molecular formula is C11H6Cl2N2O. The molecule has 5 heteroatoms. The predicted molar refractivity (Wildman–Crippen MR) is 63.9 cm³/mol. The molecule has 0 spiro atoms. The van der Waals surface area contributed by atoms with Crippen LogP contribution in [0.4, 0.5) is 0 Å². The molecule has 16 heavy (non-hydrogen) atoms. The first-order valence-corrected chi connectivity index (χ1v) is 5.26. The molecule has 0 atom stereocenters. The molecule has 2 aromatic rings. The van der Waals surface area contributed by atoms with Gasteiger partial charge < -0.3 is 4.98 Å². The van der Waals surface area contributed by atoms with E-state index in [0.29, 0.717) is 26.6 Å². The number of nitriles is 1. The summed E-state index contributed by atoms with van der Waals surface area (Å²) in [5.74, 6) is 0. The zero-order valence-corrected chi connectivity index (χ0v) is 9.56. The van der Waals surface area contributed by atoms with Crippen LogP contribution in [0.15, 0.2) is 23.0 Å². The third-order valence-corrected chi connectivity index (χ3v) is 3.02. The van der Waals surface area contributed by atoms with E-state index in [4.69, 9.17) is 28.5 Å². The summed E-state index contributed by atoms with van der Waals surface area (Å²) < 4.78 is 0. The topological polar surface area (TPSA) is 56.6 Å². The fourth-order valence-corrected chi connectivity index (χ4v) is 1.86. The Morgan fingerprint density at radius 1 is 1.38 bits per heavy atom. The number of nitrogens with one attached hydrogen (secondary N) is 1. The fourth-order valence-electron chi connectivity index (χ4n) is 1.49. The highest BCUT2D eigenvalue weighted by atomic mass is 35.5. The van der Waals surface area contributed by atoms with Crippen molar-refractivity contribution in [1.82, 2.24) is 4.98 Å². The molecule has 2 rings (SSSR count). The van der Waals surface area contributed by atoms with Crippen molar-refractivity contribution >= 4 is 34.1 Å². The number of rotatable bonds is 1. The molecular weight excluding hydrogens is 247 g/mol. The maximum Gasteiger partial charge on any atom is 0.189 e. The van der Waals surface area contributed by atoms with Gasteiger partial charge in [0, 0.05) is 17.1 Å². The van der Waals surface area contributed by atoms with E-state index in [9.17, 15) is 4.79 Å². The smallest absolute Gasteiger partial charge is 0.189 e. The van der Waals surface area contributed by atoms with Crippen LogP contribution < -0.4 is 5.43 Å². The molecule has 1 aromatic carbocycles. The fraction of sp³-hybridized carbons (Fsp3) is 0.0909. The van der Waals surface area contributed by atoms with Crippen molar-refractivity contribution in [3.8, 4) is 6.07 Å². The Labute approximate surface area is 101 Å². The van der Waals surface area contributed by atoms with Gasteiger partial charge >= 0.3 is 0 Å². The standard InChI is InChI=1S/C11H6Cl2N2O/c12-8-2-1-7-9(16)5-6(3-4-14)15-11(7)10(8)13/h1-2,5H,3H2,(H,15,16). The number of hydrogen-bond acceptors (Lipinski definition) is 2. The number of aromatic amines is 1. The second-order valence-corrected chi connectivity index (χ2v) is 4.06. The molecule has 0 radical (unpaired) electrons. The first-order chi connectivity index (χ1) is 7.63. The Kier molecular flexibility index (Phi) is 2.86. The molecule has 0 unspecified atom stereocenters. The van der Waals surface area contributed by atoms with Crippen LogP contribution >= 0.6 is 23.2 Å². The molecule has 3 nitrogen and oxygen atoms in total. The highest BCUT2D eigenvalue weighted by Crippen LogP contribution is 2.27.